The molecule has 1 amide bonds. The minimum atomic E-state index is -0.367. The third-order valence-corrected chi connectivity index (χ3v) is 3.83. The van der Waals surface area contributed by atoms with E-state index in [2.05, 4.69) is 10.3 Å². The summed E-state index contributed by atoms with van der Waals surface area (Å²) < 4.78 is 5.24. The van der Waals surface area contributed by atoms with E-state index in [9.17, 15) is 9.59 Å². The number of amides is 1. The molecule has 2 N–H and O–H groups in total. The predicted octanol–water partition coefficient (Wildman–Crippen LogP) is 1.87. The monoisotopic (exact) mass is 298 g/mol. The second kappa shape index (κ2) is 6.15. The number of aromatic amines is 1. The molecular formula is C17H18N2O3. The molecule has 1 saturated heterocycles. The zero-order valence-electron chi connectivity index (χ0n) is 12.4. The summed E-state index contributed by atoms with van der Waals surface area (Å²) in [7, 11) is 0. The Labute approximate surface area is 128 Å². The average Bonchev–Trinajstić information content (AvgIpc) is 3.01. The maximum absolute atomic E-state index is 12.3. The van der Waals surface area contributed by atoms with E-state index in [0.29, 0.717) is 13.2 Å². The van der Waals surface area contributed by atoms with Gasteiger partial charge in [-0.3, -0.25) is 9.59 Å². The first-order valence-corrected chi connectivity index (χ1v) is 7.33. The number of carbonyl (C=O) groups is 1. The van der Waals surface area contributed by atoms with E-state index in [1.807, 2.05) is 37.3 Å². The topological polar surface area (TPSA) is 71.2 Å². The first kappa shape index (κ1) is 14.5. The molecule has 5 nitrogen and oxygen atoms in total. The number of nitrogens with one attached hydrogen (secondary N) is 2. The van der Waals surface area contributed by atoms with Crippen LogP contribution in [0.2, 0.25) is 0 Å². The molecule has 2 heterocycles. The van der Waals surface area contributed by atoms with Crippen LogP contribution in [-0.2, 0) is 4.74 Å². The Balaban J connectivity index is 1.94. The Morgan fingerprint density at radius 3 is 2.77 bits per heavy atom. The lowest BCUT2D eigenvalue weighted by Crippen LogP contribution is -2.38. The van der Waals surface area contributed by atoms with E-state index in [4.69, 9.17) is 4.74 Å². The molecule has 2 aromatic rings. The van der Waals surface area contributed by atoms with Crippen molar-refractivity contribution < 1.29 is 9.53 Å². The van der Waals surface area contributed by atoms with Gasteiger partial charge >= 0.3 is 0 Å². The maximum atomic E-state index is 12.3. The molecule has 3 rings (SSSR count). The number of hydrogen-bond acceptors (Lipinski definition) is 3. The Morgan fingerprint density at radius 2 is 2.09 bits per heavy atom. The summed E-state index contributed by atoms with van der Waals surface area (Å²) in [6, 6.07) is 11.3. The minimum Gasteiger partial charge on any atom is -0.379 e. The molecule has 1 aliphatic heterocycles. The molecule has 1 fully saturated rings. The zero-order chi connectivity index (χ0) is 15.5. The lowest BCUT2D eigenvalue weighted by atomic mass is 10.0. The van der Waals surface area contributed by atoms with Gasteiger partial charge in [0, 0.05) is 17.9 Å². The van der Waals surface area contributed by atoms with E-state index in [1.165, 1.54) is 0 Å². The number of ether oxygens (including phenoxy) is 1. The fourth-order valence-corrected chi connectivity index (χ4v) is 2.62. The summed E-state index contributed by atoms with van der Waals surface area (Å²) in [5.41, 5.74) is 2.34. The van der Waals surface area contributed by atoms with Crippen molar-refractivity contribution in [2.45, 2.75) is 19.4 Å². The molecule has 22 heavy (non-hydrogen) atoms. The van der Waals surface area contributed by atoms with Crippen molar-refractivity contribution in [3.8, 4) is 11.1 Å². The Bertz CT molecular complexity index is 731. The highest BCUT2D eigenvalue weighted by atomic mass is 16.5. The summed E-state index contributed by atoms with van der Waals surface area (Å²) in [6.45, 7) is 2.97. The van der Waals surface area contributed by atoms with Gasteiger partial charge in [0.2, 0.25) is 0 Å². The summed E-state index contributed by atoms with van der Waals surface area (Å²) in [6.07, 6.45) is 0.779. The van der Waals surface area contributed by atoms with Crippen molar-refractivity contribution in [3.63, 3.8) is 0 Å². The summed E-state index contributed by atoms with van der Waals surface area (Å²) in [4.78, 5) is 27.2. The molecule has 0 radical (unpaired) electrons. The minimum absolute atomic E-state index is 0.0200. The first-order chi connectivity index (χ1) is 10.6. The fourth-order valence-electron chi connectivity index (χ4n) is 2.62. The third kappa shape index (κ3) is 2.94. The van der Waals surface area contributed by atoms with E-state index >= 15 is 0 Å². The lowest BCUT2D eigenvalue weighted by Gasteiger charge is -2.12. The van der Waals surface area contributed by atoms with E-state index in [-0.39, 0.29) is 23.1 Å². The highest BCUT2D eigenvalue weighted by Gasteiger charge is 2.21. The number of pyridine rings is 1. The summed E-state index contributed by atoms with van der Waals surface area (Å²) >= 11 is 0. The lowest BCUT2D eigenvalue weighted by molar-refractivity contribution is 0.0928. The number of H-pyrrole nitrogens is 1. The highest BCUT2D eigenvalue weighted by Crippen LogP contribution is 2.21. The van der Waals surface area contributed by atoms with Gasteiger partial charge in [-0.05, 0) is 25.0 Å². The van der Waals surface area contributed by atoms with E-state index < -0.39 is 0 Å². The molecule has 5 heteroatoms. The van der Waals surface area contributed by atoms with Crippen LogP contribution in [0, 0.1) is 6.92 Å². The molecular weight excluding hydrogens is 280 g/mol. The largest absolute Gasteiger partial charge is 0.379 e. The number of benzene rings is 1. The van der Waals surface area contributed by atoms with Gasteiger partial charge < -0.3 is 15.0 Å². The first-order valence-electron chi connectivity index (χ1n) is 7.33. The average molecular weight is 298 g/mol. The van der Waals surface area contributed by atoms with Gasteiger partial charge in [0.15, 0.2) is 0 Å². The molecule has 1 aromatic carbocycles. The van der Waals surface area contributed by atoms with Crippen molar-refractivity contribution >= 4 is 5.91 Å². The van der Waals surface area contributed by atoms with Gasteiger partial charge in [0.05, 0.1) is 12.6 Å². The van der Waals surface area contributed by atoms with Crippen LogP contribution in [0.25, 0.3) is 11.1 Å². The van der Waals surface area contributed by atoms with Gasteiger partial charge in [-0.1, -0.05) is 30.3 Å². The molecule has 0 spiro atoms. The van der Waals surface area contributed by atoms with Gasteiger partial charge in [0.1, 0.15) is 5.56 Å². The Kier molecular flexibility index (Phi) is 4.06. The van der Waals surface area contributed by atoms with Crippen LogP contribution in [0.1, 0.15) is 22.5 Å². The standard InChI is InChI=1S/C17H18N2O3/c1-11-14(12-5-3-2-4-6-12)9-15(16(20)18-11)17(21)19-13-7-8-22-10-13/h2-6,9,13H,7-8,10H2,1H3,(H,18,20)(H,19,21). The summed E-state index contributed by atoms with van der Waals surface area (Å²) in [5, 5.41) is 2.85. The van der Waals surface area contributed by atoms with Crippen LogP contribution in [-0.4, -0.2) is 30.1 Å². The van der Waals surface area contributed by atoms with Crippen molar-refractivity contribution in [3.05, 3.63) is 58.0 Å². The van der Waals surface area contributed by atoms with E-state index in [1.54, 1.807) is 6.07 Å². The van der Waals surface area contributed by atoms with Crippen LogP contribution >= 0.6 is 0 Å². The molecule has 0 aliphatic carbocycles. The van der Waals surface area contributed by atoms with Gasteiger partial charge in [0.25, 0.3) is 11.5 Å². The molecule has 1 aliphatic rings. The van der Waals surface area contributed by atoms with Crippen LogP contribution in [0.4, 0.5) is 0 Å². The van der Waals surface area contributed by atoms with Crippen molar-refractivity contribution in [1.29, 1.82) is 0 Å². The molecule has 1 unspecified atom stereocenters. The zero-order valence-corrected chi connectivity index (χ0v) is 12.4. The van der Waals surface area contributed by atoms with Crippen molar-refractivity contribution in [1.82, 2.24) is 10.3 Å². The van der Waals surface area contributed by atoms with E-state index in [0.717, 1.165) is 23.2 Å². The van der Waals surface area contributed by atoms with Gasteiger partial charge in [-0.2, -0.15) is 0 Å². The highest BCUT2D eigenvalue weighted by molar-refractivity contribution is 5.95. The Morgan fingerprint density at radius 1 is 1.32 bits per heavy atom. The number of hydrogen-bond donors (Lipinski definition) is 2. The molecule has 1 aromatic heterocycles. The fraction of sp³-hybridized carbons (Fsp3) is 0.294. The number of aromatic nitrogens is 1. The number of carbonyl (C=O) groups excluding carboxylic acids is 1. The van der Waals surface area contributed by atoms with Crippen LogP contribution in [0.3, 0.4) is 0 Å². The van der Waals surface area contributed by atoms with Crippen LogP contribution < -0.4 is 10.9 Å². The number of aryl methyl sites for hydroxylation is 1. The van der Waals surface area contributed by atoms with Gasteiger partial charge in [-0.15, -0.1) is 0 Å². The number of rotatable bonds is 3. The smallest absolute Gasteiger partial charge is 0.261 e. The molecule has 1 atom stereocenters. The van der Waals surface area contributed by atoms with Crippen molar-refractivity contribution in [2.24, 2.45) is 0 Å². The molecule has 114 valence electrons. The van der Waals surface area contributed by atoms with Gasteiger partial charge in [-0.25, -0.2) is 0 Å². The molecule has 0 bridgehead atoms. The quantitative estimate of drug-likeness (QED) is 0.908. The SMILES string of the molecule is Cc1[nH]c(=O)c(C(=O)NC2CCOC2)cc1-c1ccccc1. The second-order valence-corrected chi connectivity index (χ2v) is 5.45. The summed E-state index contributed by atoms with van der Waals surface area (Å²) in [5.74, 6) is -0.353. The predicted molar refractivity (Wildman–Crippen MR) is 83.9 cm³/mol. The van der Waals surface area contributed by atoms with Crippen LogP contribution in [0.5, 0.6) is 0 Å². The Hall–Kier alpha value is -2.40. The third-order valence-electron chi connectivity index (χ3n) is 3.83. The molecule has 0 saturated carbocycles. The van der Waals surface area contributed by atoms with Crippen LogP contribution in [0.15, 0.2) is 41.2 Å². The maximum Gasteiger partial charge on any atom is 0.261 e. The second-order valence-electron chi connectivity index (χ2n) is 5.45. The van der Waals surface area contributed by atoms with Crippen molar-refractivity contribution in [2.75, 3.05) is 13.2 Å². The normalized spacial score (nSPS) is 17.4.